The van der Waals surface area contributed by atoms with Crippen LogP contribution in [0.5, 0.6) is 0 Å². The van der Waals surface area contributed by atoms with Crippen molar-refractivity contribution in [3.8, 4) is 0 Å². The lowest BCUT2D eigenvalue weighted by Crippen LogP contribution is -2.22. The number of hydrogen-bond acceptors (Lipinski definition) is 2. The van der Waals surface area contributed by atoms with Crippen molar-refractivity contribution >= 4 is 17.3 Å². The van der Waals surface area contributed by atoms with Crippen molar-refractivity contribution < 1.29 is 4.79 Å². The summed E-state index contributed by atoms with van der Waals surface area (Å²) < 4.78 is 0. The second kappa shape index (κ2) is 3.26. The van der Waals surface area contributed by atoms with Gasteiger partial charge in [0.25, 0.3) is 0 Å². The van der Waals surface area contributed by atoms with Crippen LogP contribution in [0.15, 0.2) is 24.3 Å². The second-order valence-electron chi connectivity index (χ2n) is 2.67. The Kier molecular flexibility index (Phi) is 2.33. The molecule has 0 saturated carbocycles. The van der Waals surface area contributed by atoms with Crippen LogP contribution in [0.4, 0.5) is 11.4 Å². The Morgan fingerprint density at radius 3 is 2.67 bits per heavy atom. The molecule has 1 aromatic rings. The number of carbonyl (C=O) groups is 1. The molecule has 0 unspecified atom stereocenters. The number of nitrogen functional groups attached to an aromatic ring is 1. The van der Waals surface area contributed by atoms with E-state index >= 15 is 0 Å². The second-order valence-corrected chi connectivity index (χ2v) is 2.67. The number of nitrogens with zero attached hydrogens (tertiary/aromatic N) is 1. The first kappa shape index (κ1) is 8.59. The molecular formula is C9H12N2O. The van der Waals surface area contributed by atoms with Gasteiger partial charge in [0, 0.05) is 25.3 Å². The van der Waals surface area contributed by atoms with Crippen molar-refractivity contribution in [3.63, 3.8) is 0 Å². The van der Waals surface area contributed by atoms with Gasteiger partial charge < -0.3 is 10.6 Å². The number of benzene rings is 1. The maximum Gasteiger partial charge on any atom is 0.223 e. The Morgan fingerprint density at radius 2 is 2.17 bits per heavy atom. The van der Waals surface area contributed by atoms with E-state index in [1.165, 1.54) is 6.92 Å². The van der Waals surface area contributed by atoms with Crippen LogP contribution in [0.2, 0.25) is 0 Å². The molecule has 0 fully saturated rings. The normalized spacial score (nSPS) is 9.50. The highest BCUT2D eigenvalue weighted by atomic mass is 16.2. The molecule has 0 aliphatic heterocycles. The van der Waals surface area contributed by atoms with Crippen molar-refractivity contribution in [2.24, 2.45) is 0 Å². The molecule has 3 nitrogen and oxygen atoms in total. The largest absolute Gasteiger partial charge is 0.399 e. The summed E-state index contributed by atoms with van der Waals surface area (Å²) in [5, 5.41) is 0. The summed E-state index contributed by atoms with van der Waals surface area (Å²) in [6, 6.07) is 7.22. The zero-order valence-corrected chi connectivity index (χ0v) is 7.24. The van der Waals surface area contributed by atoms with Gasteiger partial charge in [0.2, 0.25) is 5.91 Å². The molecule has 0 aliphatic carbocycles. The molecule has 12 heavy (non-hydrogen) atoms. The first-order chi connectivity index (χ1) is 5.61. The van der Waals surface area contributed by atoms with Crippen LogP contribution in [0.3, 0.4) is 0 Å². The van der Waals surface area contributed by atoms with E-state index in [4.69, 9.17) is 5.73 Å². The summed E-state index contributed by atoms with van der Waals surface area (Å²) in [6.45, 7) is 1.52. The van der Waals surface area contributed by atoms with Crippen LogP contribution >= 0.6 is 0 Å². The first-order valence-electron chi connectivity index (χ1n) is 3.71. The number of nitrogens with two attached hydrogens (primary N) is 1. The minimum absolute atomic E-state index is 0.000556. The fourth-order valence-corrected chi connectivity index (χ4v) is 0.915. The van der Waals surface area contributed by atoms with E-state index in [2.05, 4.69) is 0 Å². The van der Waals surface area contributed by atoms with Gasteiger partial charge in [-0.05, 0) is 18.2 Å². The van der Waals surface area contributed by atoms with Crippen LogP contribution < -0.4 is 10.6 Å². The Morgan fingerprint density at radius 1 is 1.50 bits per heavy atom. The van der Waals surface area contributed by atoms with E-state index in [1.807, 2.05) is 12.1 Å². The Labute approximate surface area is 71.8 Å². The van der Waals surface area contributed by atoms with Crippen LogP contribution in [-0.4, -0.2) is 13.0 Å². The van der Waals surface area contributed by atoms with E-state index in [1.54, 1.807) is 24.1 Å². The molecule has 0 spiro atoms. The van der Waals surface area contributed by atoms with Gasteiger partial charge in [-0.15, -0.1) is 0 Å². The Hall–Kier alpha value is -1.51. The predicted octanol–water partition coefficient (Wildman–Crippen LogP) is 1.25. The van der Waals surface area contributed by atoms with Crippen LogP contribution in [-0.2, 0) is 4.79 Å². The molecule has 0 aromatic heterocycles. The fourth-order valence-electron chi connectivity index (χ4n) is 0.915. The molecule has 64 valence electrons. The molecule has 0 aliphatic rings. The third-order valence-corrected chi connectivity index (χ3v) is 1.73. The maximum absolute atomic E-state index is 10.9. The molecule has 2 N–H and O–H groups in total. The molecule has 0 bridgehead atoms. The molecule has 0 heterocycles. The average molecular weight is 164 g/mol. The fraction of sp³-hybridized carbons (Fsp3) is 0.222. The molecule has 0 radical (unpaired) electrons. The minimum atomic E-state index is 0.000556. The van der Waals surface area contributed by atoms with Gasteiger partial charge in [0.15, 0.2) is 0 Å². The summed E-state index contributed by atoms with van der Waals surface area (Å²) in [5.41, 5.74) is 7.05. The van der Waals surface area contributed by atoms with Crippen molar-refractivity contribution in [1.29, 1.82) is 0 Å². The quantitative estimate of drug-likeness (QED) is 0.635. The maximum atomic E-state index is 10.9. The lowest BCUT2D eigenvalue weighted by atomic mass is 10.2. The van der Waals surface area contributed by atoms with Crippen LogP contribution in [0.25, 0.3) is 0 Å². The standard InChI is InChI=1S/C9H12N2O/c1-7(12)11(2)9-5-3-4-8(10)6-9/h3-6H,10H2,1-2H3. The lowest BCUT2D eigenvalue weighted by molar-refractivity contribution is -0.116. The van der Waals surface area contributed by atoms with Gasteiger partial charge in [-0.25, -0.2) is 0 Å². The van der Waals surface area contributed by atoms with E-state index in [9.17, 15) is 4.79 Å². The van der Waals surface area contributed by atoms with Crippen LogP contribution in [0, 0.1) is 0 Å². The summed E-state index contributed by atoms with van der Waals surface area (Å²) in [5.74, 6) is 0.000556. The third kappa shape index (κ3) is 1.75. The van der Waals surface area contributed by atoms with Gasteiger partial charge in [0.1, 0.15) is 0 Å². The van der Waals surface area contributed by atoms with Gasteiger partial charge in [0.05, 0.1) is 0 Å². The summed E-state index contributed by atoms with van der Waals surface area (Å²) in [6.07, 6.45) is 0. The highest BCUT2D eigenvalue weighted by Crippen LogP contribution is 2.15. The zero-order chi connectivity index (χ0) is 9.14. The van der Waals surface area contributed by atoms with Gasteiger partial charge in [-0.1, -0.05) is 6.07 Å². The van der Waals surface area contributed by atoms with Crippen molar-refractivity contribution in [1.82, 2.24) is 0 Å². The number of carbonyl (C=O) groups excluding carboxylic acids is 1. The van der Waals surface area contributed by atoms with E-state index < -0.39 is 0 Å². The Balaban J connectivity index is 2.95. The zero-order valence-electron chi connectivity index (χ0n) is 7.24. The number of hydrogen-bond donors (Lipinski definition) is 1. The molecule has 0 atom stereocenters. The lowest BCUT2D eigenvalue weighted by Gasteiger charge is -2.14. The highest BCUT2D eigenvalue weighted by molar-refractivity contribution is 5.91. The summed E-state index contributed by atoms with van der Waals surface area (Å²) in [4.78, 5) is 12.5. The SMILES string of the molecule is CC(=O)N(C)c1cccc(N)c1. The first-order valence-corrected chi connectivity index (χ1v) is 3.71. The third-order valence-electron chi connectivity index (χ3n) is 1.73. The van der Waals surface area contributed by atoms with Crippen molar-refractivity contribution in [2.75, 3.05) is 17.7 Å². The summed E-state index contributed by atoms with van der Waals surface area (Å²) in [7, 11) is 1.72. The number of anilines is 2. The molecule has 1 rings (SSSR count). The van der Waals surface area contributed by atoms with E-state index in [-0.39, 0.29) is 5.91 Å². The topological polar surface area (TPSA) is 46.3 Å². The van der Waals surface area contributed by atoms with Crippen molar-refractivity contribution in [2.45, 2.75) is 6.92 Å². The van der Waals surface area contributed by atoms with Crippen molar-refractivity contribution in [3.05, 3.63) is 24.3 Å². The molecule has 1 amide bonds. The van der Waals surface area contributed by atoms with Crippen LogP contribution in [0.1, 0.15) is 6.92 Å². The Bertz CT molecular complexity index is 296. The molecule has 1 aromatic carbocycles. The van der Waals surface area contributed by atoms with Gasteiger partial charge >= 0.3 is 0 Å². The number of amides is 1. The minimum Gasteiger partial charge on any atom is -0.399 e. The monoisotopic (exact) mass is 164 g/mol. The van der Waals surface area contributed by atoms with Gasteiger partial charge in [-0.2, -0.15) is 0 Å². The van der Waals surface area contributed by atoms with E-state index in [0.29, 0.717) is 5.69 Å². The summed E-state index contributed by atoms with van der Waals surface area (Å²) >= 11 is 0. The van der Waals surface area contributed by atoms with Gasteiger partial charge in [-0.3, -0.25) is 4.79 Å². The highest BCUT2D eigenvalue weighted by Gasteiger charge is 2.03. The molecule has 3 heteroatoms. The van der Waals surface area contributed by atoms with E-state index in [0.717, 1.165) is 5.69 Å². The molecular weight excluding hydrogens is 152 g/mol. The smallest absolute Gasteiger partial charge is 0.223 e. The number of rotatable bonds is 1. The molecule has 0 saturated heterocycles. The predicted molar refractivity (Wildman–Crippen MR) is 49.9 cm³/mol. The average Bonchev–Trinajstić information content (AvgIpc) is 2.03.